The maximum atomic E-state index is 13.1. The summed E-state index contributed by atoms with van der Waals surface area (Å²) in [5.74, 6) is 3.33. The van der Waals surface area contributed by atoms with E-state index in [9.17, 15) is 9.90 Å². The first-order chi connectivity index (χ1) is 19.7. The number of hydrogen-bond donors (Lipinski definition) is 1. The lowest BCUT2D eigenvalue weighted by atomic mass is 9.32. The average molecular weight is 581 g/mol. The van der Waals surface area contributed by atoms with Gasteiger partial charge in [-0.1, -0.05) is 41.2 Å². The summed E-state index contributed by atoms with van der Waals surface area (Å²) < 4.78 is 13.3. The average Bonchev–Trinajstić information content (AvgIpc) is 3.54. The van der Waals surface area contributed by atoms with Crippen LogP contribution in [0.15, 0.2) is 24.5 Å². The van der Waals surface area contributed by atoms with Crippen molar-refractivity contribution in [3.8, 4) is 0 Å². The van der Waals surface area contributed by atoms with Crippen LogP contribution < -0.4 is 0 Å². The number of rotatable bonds is 5. The van der Waals surface area contributed by atoms with Crippen molar-refractivity contribution in [3.63, 3.8) is 0 Å². The van der Waals surface area contributed by atoms with E-state index in [0.717, 1.165) is 32.1 Å². The third kappa shape index (κ3) is 4.09. The Labute approximate surface area is 254 Å². The smallest absolute Gasteiger partial charge is 0.419 e. The molecule has 6 nitrogen and oxygen atoms in total. The van der Waals surface area contributed by atoms with E-state index in [-0.39, 0.29) is 39.3 Å². The largest absolute Gasteiger partial charge is 0.448 e. The fraction of sp³-hybridized carbons (Fsp3) is 0.833. The molecule has 0 aliphatic heterocycles. The highest BCUT2D eigenvalue weighted by Gasteiger charge is 2.71. The van der Waals surface area contributed by atoms with Crippen LogP contribution in [0.2, 0.25) is 0 Å². The third-order valence-electron chi connectivity index (χ3n) is 14.9. The number of aliphatic hydroxyl groups is 1. The van der Waals surface area contributed by atoms with E-state index in [1.165, 1.54) is 42.2 Å². The van der Waals surface area contributed by atoms with Crippen molar-refractivity contribution in [3.05, 3.63) is 30.4 Å². The minimum Gasteiger partial charge on any atom is -0.448 e. The predicted molar refractivity (Wildman–Crippen MR) is 165 cm³/mol. The number of carbonyl (C=O) groups is 1. The minimum atomic E-state index is -0.311. The van der Waals surface area contributed by atoms with E-state index in [4.69, 9.17) is 9.47 Å². The first-order valence-electron chi connectivity index (χ1n) is 16.8. The number of hydrogen-bond acceptors (Lipinski definition) is 5. The van der Waals surface area contributed by atoms with Crippen LogP contribution in [0.1, 0.15) is 105 Å². The molecule has 1 unspecified atom stereocenters. The molecular formula is C36H56N2O4. The molecule has 5 aliphatic rings. The second kappa shape index (κ2) is 10.2. The van der Waals surface area contributed by atoms with Crippen LogP contribution in [0.5, 0.6) is 0 Å². The summed E-state index contributed by atoms with van der Waals surface area (Å²) >= 11 is 0. The zero-order valence-corrected chi connectivity index (χ0v) is 27.4. The van der Waals surface area contributed by atoms with Gasteiger partial charge in [0.25, 0.3) is 0 Å². The zero-order valence-electron chi connectivity index (χ0n) is 27.4. The van der Waals surface area contributed by atoms with Gasteiger partial charge in [-0.05, 0) is 128 Å². The molecule has 42 heavy (non-hydrogen) atoms. The van der Waals surface area contributed by atoms with Crippen molar-refractivity contribution in [2.75, 3.05) is 20.3 Å². The molecule has 6 rings (SSSR count). The SMILES string of the molecule is C=C(COC)[C@@H]1CC[C@]2(COC(=O)n3ccnc3C)CC[C@]3(C)[C@H](CCC4[C@@]5(C)CC[C@H](O)C(C)(C)[C@@H]5CC[C@]43C)[C@@H]12. The van der Waals surface area contributed by atoms with Crippen molar-refractivity contribution in [1.29, 1.82) is 0 Å². The summed E-state index contributed by atoms with van der Waals surface area (Å²) in [4.78, 5) is 17.4. The fourth-order valence-electron chi connectivity index (χ4n) is 12.6. The molecule has 0 spiro atoms. The molecule has 5 aliphatic carbocycles. The number of aliphatic hydroxyl groups excluding tert-OH is 1. The molecule has 1 heterocycles. The lowest BCUT2D eigenvalue weighted by molar-refractivity contribution is -0.249. The molecule has 0 bridgehead atoms. The van der Waals surface area contributed by atoms with Gasteiger partial charge in [0.2, 0.25) is 0 Å². The van der Waals surface area contributed by atoms with E-state index in [0.29, 0.717) is 48.6 Å². The Hall–Kier alpha value is -1.66. The number of imidazole rings is 1. The Bertz CT molecular complexity index is 1220. The van der Waals surface area contributed by atoms with E-state index >= 15 is 0 Å². The Kier molecular flexibility index (Phi) is 7.37. The maximum Gasteiger partial charge on any atom is 0.419 e. The third-order valence-corrected chi connectivity index (χ3v) is 14.9. The molecule has 0 amide bonds. The maximum absolute atomic E-state index is 13.1. The Morgan fingerprint density at radius 1 is 1.00 bits per heavy atom. The van der Waals surface area contributed by atoms with Gasteiger partial charge in [-0.15, -0.1) is 0 Å². The van der Waals surface area contributed by atoms with E-state index in [1.54, 1.807) is 19.5 Å². The Balaban J connectivity index is 1.34. The predicted octanol–water partition coefficient (Wildman–Crippen LogP) is 7.82. The van der Waals surface area contributed by atoms with Crippen LogP contribution in [0.25, 0.3) is 0 Å². The molecular weight excluding hydrogens is 524 g/mol. The van der Waals surface area contributed by atoms with E-state index in [1.807, 2.05) is 6.92 Å². The quantitative estimate of drug-likeness (QED) is 0.360. The highest BCUT2D eigenvalue weighted by molar-refractivity contribution is 5.71. The molecule has 0 radical (unpaired) electrons. The lowest BCUT2D eigenvalue weighted by Crippen LogP contribution is -2.66. The molecule has 0 saturated heterocycles. The Morgan fingerprint density at radius 3 is 2.45 bits per heavy atom. The van der Waals surface area contributed by atoms with Crippen molar-refractivity contribution in [2.45, 2.75) is 112 Å². The van der Waals surface area contributed by atoms with Crippen LogP contribution in [0, 0.1) is 63.6 Å². The number of aromatic nitrogens is 2. The fourth-order valence-corrected chi connectivity index (χ4v) is 12.6. The standard InChI is InChI=1S/C36H56N2O4/c1-23(21-41-8)25-11-16-36(22-42-31(40)38-20-19-37-24(38)2)18-17-34(6)26(30(25)36)9-10-28-33(5)14-13-29(39)32(3,4)27(33)12-15-35(28,34)7/h19-20,25-30,39H,1,9-18,21-22H2,2-8H3/t25-,26+,27-,28?,29-,30+,33-,34+,35+,36+/m0/s1. The summed E-state index contributed by atoms with van der Waals surface area (Å²) in [6.07, 6.45) is 14.4. The van der Waals surface area contributed by atoms with Crippen molar-refractivity contribution < 1.29 is 19.4 Å². The number of ether oxygens (including phenoxy) is 2. The van der Waals surface area contributed by atoms with Gasteiger partial charge in [0, 0.05) is 24.9 Å². The highest BCUT2D eigenvalue weighted by Crippen LogP contribution is 2.77. The van der Waals surface area contributed by atoms with Crippen LogP contribution in [-0.2, 0) is 9.47 Å². The highest BCUT2D eigenvalue weighted by atomic mass is 16.5. The zero-order chi connectivity index (χ0) is 30.3. The molecule has 10 atom stereocenters. The van der Waals surface area contributed by atoms with E-state index < -0.39 is 0 Å². The van der Waals surface area contributed by atoms with Gasteiger partial charge in [-0.3, -0.25) is 0 Å². The van der Waals surface area contributed by atoms with Crippen molar-refractivity contribution in [1.82, 2.24) is 9.55 Å². The summed E-state index contributed by atoms with van der Waals surface area (Å²) in [7, 11) is 1.78. The molecule has 6 heteroatoms. The number of fused-ring (bicyclic) bond motifs is 7. The van der Waals surface area contributed by atoms with Crippen molar-refractivity contribution in [2.24, 2.45) is 56.7 Å². The topological polar surface area (TPSA) is 73.6 Å². The molecule has 5 saturated carbocycles. The summed E-state index contributed by atoms with van der Waals surface area (Å²) in [6, 6.07) is 0. The summed E-state index contributed by atoms with van der Waals surface area (Å²) in [5.41, 5.74) is 1.92. The number of aryl methyl sites for hydroxylation is 1. The molecule has 1 N–H and O–H groups in total. The number of nitrogens with zero attached hydrogens (tertiary/aromatic N) is 2. The Morgan fingerprint density at radius 2 is 1.76 bits per heavy atom. The molecule has 1 aromatic heterocycles. The molecule has 1 aromatic rings. The monoisotopic (exact) mass is 580 g/mol. The number of carbonyl (C=O) groups excluding carboxylic acids is 1. The molecule has 5 fully saturated rings. The van der Waals surface area contributed by atoms with Gasteiger partial charge in [0.15, 0.2) is 0 Å². The van der Waals surface area contributed by atoms with Crippen LogP contribution in [-0.4, -0.2) is 47.2 Å². The molecule has 234 valence electrons. The van der Waals surface area contributed by atoms with Crippen LogP contribution >= 0.6 is 0 Å². The van der Waals surface area contributed by atoms with Gasteiger partial charge in [-0.2, -0.15) is 0 Å². The van der Waals surface area contributed by atoms with Gasteiger partial charge in [-0.25, -0.2) is 14.3 Å². The van der Waals surface area contributed by atoms with Crippen molar-refractivity contribution >= 4 is 6.09 Å². The first kappa shape index (κ1) is 30.4. The van der Waals surface area contributed by atoms with Crippen LogP contribution in [0.4, 0.5) is 4.79 Å². The van der Waals surface area contributed by atoms with Gasteiger partial charge in [0.05, 0.1) is 19.3 Å². The summed E-state index contributed by atoms with van der Waals surface area (Å²) in [5, 5.41) is 11.1. The van der Waals surface area contributed by atoms with Gasteiger partial charge >= 0.3 is 6.09 Å². The van der Waals surface area contributed by atoms with Crippen LogP contribution in [0.3, 0.4) is 0 Å². The number of methoxy groups -OCH3 is 1. The lowest BCUT2D eigenvalue weighted by Gasteiger charge is -2.73. The normalized spacial score (nSPS) is 45.7. The van der Waals surface area contributed by atoms with Gasteiger partial charge in [0.1, 0.15) is 5.82 Å². The summed E-state index contributed by atoms with van der Waals surface area (Å²) in [6.45, 7) is 20.1. The van der Waals surface area contributed by atoms with E-state index in [2.05, 4.69) is 46.2 Å². The second-order valence-corrected chi connectivity index (χ2v) is 16.6. The molecule has 0 aromatic carbocycles. The van der Waals surface area contributed by atoms with Gasteiger partial charge < -0.3 is 14.6 Å². The minimum absolute atomic E-state index is 0.0170. The second-order valence-electron chi connectivity index (χ2n) is 16.6. The first-order valence-corrected chi connectivity index (χ1v) is 16.8.